The number of anilines is 1. The summed E-state index contributed by atoms with van der Waals surface area (Å²) in [7, 11) is 0. The zero-order valence-corrected chi connectivity index (χ0v) is 13.4. The third-order valence-corrected chi connectivity index (χ3v) is 3.90. The highest BCUT2D eigenvalue weighted by Crippen LogP contribution is 2.32. The Balaban J connectivity index is 1.49. The average Bonchev–Trinajstić information content (AvgIpc) is 2.69. The predicted octanol–water partition coefficient (Wildman–Crippen LogP) is 3.77. The van der Waals surface area contributed by atoms with Gasteiger partial charge in [0, 0.05) is 23.5 Å². The van der Waals surface area contributed by atoms with Crippen molar-refractivity contribution in [3.8, 4) is 22.6 Å². The molecule has 25 heavy (non-hydrogen) atoms. The lowest BCUT2D eigenvalue weighted by Crippen LogP contribution is -2.17. The van der Waals surface area contributed by atoms with Gasteiger partial charge in [-0.05, 0) is 23.8 Å². The standard InChI is InChI=1S/C20H16N2O3/c23-20(22-16-7-9-18-19(12-16)25-11-10-24-18)17-8-6-15(13-21-17)14-4-2-1-3-5-14/h1-9,12-13H,10-11H2,(H,22,23). The molecule has 0 radical (unpaired) electrons. The van der Waals surface area contributed by atoms with Crippen molar-refractivity contribution in [2.24, 2.45) is 0 Å². The third-order valence-electron chi connectivity index (χ3n) is 3.90. The maximum Gasteiger partial charge on any atom is 0.274 e. The highest BCUT2D eigenvalue weighted by atomic mass is 16.6. The molecule has 5 nitrogen and oxygen atoms in total. The molecule has 3 aromatic rings. The molecular formula is C20H16N2O3. The number of hydrogen-bond donors (Lipinski definition) is 1. The van der Waals surface area contributed by atoms with Gasteiger partial charge in [0.2, 0.25) is 0 Å². The number of carbonyl (C=O) groups excluding carboxylic acids is 1. The van der Waals surface area contributed by atoms with E-state index >= 15 is 0 Å². The summed E-state index contributed by atoms with van der Waals surface area (Å²) in [6.07, 6.45) is 1.70. The first-order valence-corrected chi connectivity index (χ1v) is 8.02. The van der Waals surface area contributed by atoms with E-state index in [0.717, 1.165) is 11.1 Å². The van der Waals surface area contributed by atoms with Crippen LogP contribution in [0.2, 0.25) is 0 Å². The zero-order valence-electron chi connectivity index (χ0n) is 13.4. The molecule has 0 saturated carbocycles. The van der Waals surface area contributed by atoms with Gasteiger partial charge in [-0.15, -0.1) is 0 Å². The van der Waals surface area contributed by atoms with Crippen LogP contribution < -0.4 is 14.8 Å². The Morgan fingerprint density at radius 2 is 1.68 bits per heavy atom. The van der Waals surface area contributed by atoms with Gasteiger partial charge in [-0.2, -0.15) is 0 Å². The molecule has 5 heteroatoms. The number of ether oxygens (including phenoxy) is 2. The van der Waals surface area contributed by atoms with E-state index in [1.54, 1.807) is 30.5 Å². The molecular weight excluding hydrogens is 316 g/mol. The van der Waals surface area contributed by atoms with Crippen LogP contribution >= 0.6 is 0 Å². The summed E-state index contributed by atoms with van der Waals surface area (Å²) in [4.78, 5) is 16.7. The van der Waals surface area contributed by atoms with Crippen molar-refractivity contribution in [3.63, 3.8) is 0 Å². The quantitative estimate of drug-likeness (QED) is 0.793. The third kappa shape index (κ3) is 3.30. The molecule has 0 unspecified atom stereocenters. The van der Waals surface area contributed by atoms with E-state index in [2.05, 4.69) is 10.3 Å². The van der Waals surface area contributed by atoms with Crippen LogP contribution in [0, 0.1) is 0 Å². The maximum atomic E-state index is 12.4. The van der Waals surface area contributed by atoms with Crippen LogP contribution in [0.3, 0.4) is 0 Å². The Bertz CT molecular complexity index is 893. The topological polar surface area (TPSA) is 60.5 Å². The van der Waals surface area contributed by atoms with Crippen molar-refractivity contribution in [2.75, 3.05) is 18.5 Å². The molecule has 1 N–H and O–H groups in total. The van der Waals surface area contributed by atoms with Crippen molar-refractivity contribution in [2.45, 2.75) is 0 Å². The molecule has 1 aliphatic rings. The van der Waals surface area contributed by atoms with Crippen LogP contribution in [-0.4, -0.2) is 24.1 Å². The van der Waals surface area contributed by atoms with Gasteiger partial charge >= 0.3 is 0 Å². The summed E-state index contributed by atoms with van der Waals surface area (Å²) in [5.74, 6) is 1.06. The number of carbonyl (C=O) groups is 1. The van der Waals surface area contributed by atoms with Gasteiger partial charge in [0.1, 0.15) is 18.9 Å². The molecule has 124 valence electrons. The number of rotatable bonds is 3. The lowest BCUT2D eigenvalue weighted by atomic mass is 10.1. The van der Waals surface area contributed by atoms with Crippen molar-refractivity contribution >= 4 is 11.6 Å². The van der Waals surface area contributed by atoms with E-state index < -0.39 is 0 Å². The van der Waals surface area contributed by atoms with Crippen LogP contribution in [0.5, 0.6) is 11.5 Å². The Kier molecular flexibility index (Phi) is 4.04. The van der Waals surface area contributed by atoms with Crippen molar-refractivity contribution < 1.29 is 14.3 Å². The van der Waals surface area contributed by atoms with Gasteiger partial charge in [0.05, 0.1) is 0 Å². The maximum absolute atomic E-state index is 12.4. The number of aromatic nitrogens is 1. The van der Waals surface area contributed by atoms with Gasteiger partial charge in [0.25, 0.3) is 5.91 Å². The van der Waals surface area contributed by atoms with Crippen LogP contribution in [0.4, 0.5) is 5.69 Å². The van der Waals surface area contributed by atoms with Gasteiger partial charge < -0.3 is 14.8 Å². The Labute approximate surface area is 145 Å². The molecule has 4 rings (SSSR count). The Morgan fingerprint density at radius 3 is 2.44 bits per heavy atom. The van der Waals surface area contributed by atoms with E-state index in [0.29, 0.717) is 36.1 Å². The molecule has 2 heterocycles. The SMILES string of the molecule is O=C(Nc1ccc2c(c1)OCCO2)c1ccc(-c2ccccc2)cn1. The largest absolute Gasteiger partial charge is 0.486 e. The summed E-state index contributed by atoms with van der Waals surface area (Å²) in [6, 6.07) is 18.8. The molecule has 0 fully saturated rings. The first kappa shape index (κ1) is 15.2. The predicted molar refractivity (Wildman–Crippen MR) is 95.1 cm³/mol. The van der Waals surface area contributed by atoms with Crippen molar-refractivity contribution in [1.29, 1.82) is 0 Å². The summed E-state index contributed by atoms with van der Waals surface area (Å²) in [5.41, 5.74) is 3.03. The second kappa shape index (κ2) is 6.65. The summed E-state index contributed by atoms with van der Waals surface area (Å²) in [6.45, 7) is 1.04. The highest BCUT2D eigenvalue weighted by molar-refractivity contribution is 6.03. The molecule has 0 bridgehead atoms. The van der Waals surface area contributed by atoms with Crippen LogP contribution in [0.15, 0.2) is 66.9 Å². The summed E-state index contributed by atoms with van der Waals surface area (Å²) < 4.78 is 11.0. The molecule has 0 spiro atoms. The van der Waals surface area contributed by atoms with Crippen molar-refractivity contribution in [3.05, 3.63) is 72.6 Å². The fraction of sp³-hybridized carbons (Fsp3) is 0.100. The molecule has 0 aliphatic carbocycles. The van der Waals surface area contributed by atoms with Crippen LogP contribution in [0.1, 0.15) is 10.5 Å². The monoisotopic (exact) mass is 332 g/mol. The van der Waals surface area contributed by atoms with Gasteiger partial charge in [-0.25, -0.2) is 0 Å². The Morgan fingerprint density at radius 1 is 0.880 bits per heavy atom. The minimum Gasteiger partial charge on any atom is -0.486 e. The Hall–Kier alpha value is -3.34. The number of benzene rings is 2. The lowest BCUT2D eigenvalue weighted by Gasteiger charge is -2.18. The molecule has 1 amide bonds. The number of nitrogens with zero attached hydrogens (tertiary/aromatic N) is 1. The second-order valence-corrected chi connectivity index (χ2v) is 5.61. The minimum atomic E-state index is -0.267. The van der Waals surface area contributed by atoms with Gasteiger partial charge in [0.15, 0.2) is 11.5 Å². The molecule has 0 atom stereocenters. The average molecular weight is 332 g/mol. The molecule has 1 aromatic heterocycles. The van der Waals surface area contributed by atoms with E-state index in [9.17, 15) is 4.79 Å². The van der Waals surface area contributed by atoms with Crippen LogP contribution in [-0.2, 0) is 0 Å². The van der Waals surface area contributed by atoms with E-state index in [4.69, 9.17) is 9.47 Å². The van der Waals surface area contributed by atoms with Gasteiger partial charge in [-0.3, -0.25) is 9.78 Å². The number of fused-ring (bicyclic) bond motifs is 1. The smallest absolute Gasteiger partial charge is 0.274 e. The fourth-order valence-electron chi connectivity index (χ4n) is 2.65. The van der Waals surface area contributed by atoms with Gasteiger partial charge in [-0.1, -0.05) is 36.4 Å². The lowest BCUT2D eigenvalue weighted by molar-refractivity contribution is 0.102. The minimum absolute atomic E-state index is 0.267. The molecule has 2 aromatic carbocycles. The summed E-state index contributed by atoms with van der Waals surface area (Å²) >= 11 is 0. The number of hydrogen-bond acceptors (Lipinski definition) is 4. The summed E-state index contributed by atoms with van der Waals surface area (Å²) in [5, 5.41) is 2.83. The van der Waals surface area contributed by atoms with E-state index in [-0.39, 0.29) is 5.91 Å². The zero-order chi connectivity index (χ0) is 17.1. The fourth-order valence-corrected chi connectivity index (χ4v) is 2.65. The number of amides is 1. The first-order valence-electron chi connectivity index (χ1n) is 8.02. The second-order valence-electron chi connectivity index (χ2n) is 5.61. The van der Waals surface area contributed by atoms with E-state index in [1.165, 1.54) is 0 Å². The van der Waals surface area contributed by atoms with Crippen molar-refractivity contribution in [1.82, 2.24) is 4.98 Å². The first-order chi connectivity index (χ1) is 12.3. The number of pyridine rings is 1. The van der Waals surface area contributed by atoms with E-state index in [1.807, 2.05) is 36.4 Å². The van der Waals surface area contributed by atoms with Crippen LogP contribution in [0.25, 0.3) is 11.1 Å². The normalized spacial score (nSPS) is 12.5. The highest BCUT2D eigenvalue weighted by Gasteiger charge is 2.14. The molecule has 1 aliphatic heterocycles. The molecule has 0 saturated heterocycles. The number of nitrogens with one attached hydrogen (secondary N) is 1.